The Morgan fingerprint density at radius 1 is 1.03 bits per heavy atom. The van der Waals surface area contributed by atoms with E-state index in [0.717, 1.165) is 22.4 Å². The second kappa shape index (κ2) is 7.63. The zero-order chi connectivity index (χ0) is 22.4. The summed E-state index contributed by atoms with van der Waals surface area (Å²) in [6, 6.07) is 23.2. The number of phenols is 1. The summed E-state index contributed by atoms with van der Waals surface area (Å²) in [7, 11) is 0. The van der Waals surface area contributed by atoms with Crippen LogP contribution < -0.4 is 9.47 Å². The molecule has 0 aliphatic carbocycles. The van der Waals surface area contributed by atoms with E-state index in [0.29, 0.717) is 23.1 Å². The normalized spacial score (nSPS) is 14.4. The van der Waals surface area contributed by atoms with Gasteiger partial charge in [-0.25, -0.2) is 14.5 Å². The number of hydrogen-bond acceptors (Lipinski definition) is 6. The quantitative estimate of drug-likeness (QED) is 0.419. The van der Waals surface area contributed by atoms with Gasteiger partial charge in [-0.2, -0.15) is 0 Å². The van der Waals surface area contributed by atoms with Crippen molar-refractivity contribution in [1.29, 1.82) is 0 Å². The summed E-state index contributed by atoms with van der Waals surface area (Å²) in [6.45, 7) is 2.27. The molecule has 0 radical (unpaired) electrons. The van der Waals surface area contributed by atoms with Crippen LogP contribution in [0, 0.1) is 6.92 Å². The SMILES string of the molecule is Cc1ccc(OCc2nc3c4c(ncn3n2)Oc2cc(O)ccc2[C@H]4c2ccccc2)cc1. The van der Waals surface area contributed by atoms with E-state index in [1.54, 1.807) is 23.0 Å². The molecule has 162 valence electrons. The molecular weight excluding hydrogens is 416 g/mol. The van der Waals surface area contributed by atoms with Crippen LogP contribution in [-0.4, -0.2) is 24.7 Å². The van der Waals surface area contributed by atoms with Crippen molar-refractivity contribution in [3.8, 4) is 23.1 Å². The Hall–Kier alpha value is -4.39. The molecule has 3 heterocycles. The first-order valence-corrected chi connectivity index (χ1v) is 10.6. The molecule has 0 saturated heterocycles. The molecule has 1 aliphatic heterocycles. The first kappa shape index (κ1) is 19.3. The highest BCUT2D eigenvalue weighted by atomic mass is 16.5. The van der Waals surface area contributed by atoms with Crippen LogP contribution in [-0.2, 0) is 6.61 Å². The number of benzene rings is 3. The third-order valence-electron chi connectivity index (χ3n) is 5.76. The van der Waals surface area contributed by atoms with E-state index in [1.165, 1.54) is 5.56 Å². The monoisotopic (exact) mass is 436 g/mol. The fourth-order valence-corrected chi connectivity index (χ4v) is 4.18. The average Bonchev–Trinajstić information content (AvgIpc) is 3.26. The summed E-state index contributed by atoms with van der Waals surface area (Å²) in [4.78, 5) is 9.29. The van der Waals surface area contributed by atoms with Gasteiger partial charge in [0.1, 0.15) is 30.2 Å². The molecule has 7 heteroatoms. The van der Waals surface area contributed by atoms with Crippen molar-refractivity contribution in [1.82, 2.24) is 19.6 Å². The summed E-state index contributed by atoms with van der Waals surface area (Å²) < 4.78 is 13.6. The Morgan fingerprint density at radius 3 is 2.67 bits per heavy atom. The second-order valence-electron chi connectivity index (χ2n) is 8.03. The first-order chi connectivity index (χ1) is 16.2. The maximum Gasteiger partial charge on any atom is 0.228 e. The largest absolute Gasteiger partial charge is 0.508 e. The predicted molar refractivity (Wildman–Crippen MR) is 122 cm³/mol. The molecule has 0 bridgehead atoms. The lowest BCUT2D eigenvalue weighted by Crippen LogP contribution is -2.14. The van der Waals surface area contributed by atoms with E-state index in [9.17, 15) is 5.11 Å². The molecule has 2 aromatic heterocycles. The highest BCUT2D eigenvalue weighted by molar-refractivity contribution is 5.66. The third-order valence-corrected chi connectivity index (χ3v) is 5.76. The number of phenolic OH excluding ortho intramolecular Hbond substituents is 1. The first-order valence-electron chi connectivity index (χ1n) is 10.6. The van der Waals surface area contributed by atoms with Gasteiger partial charge >= 0.3 is 0 Å². The van der Waals surface area contributed by atoms with Crippen molar-refractivity contribution in [2.24, 2.45) is 0 Å². The summed E-state index contributed by atoms with van der Waals surface area (Å²) in [5.41, 5.74) is 4.67. The van der Waals surface area contributed by atoms with E-state index < -0.39 is 0 Å². The van der Waals surface area contributed by atoms with Crippen molar-refractivity contribution in [3.63, 3.8) is 0 Å². The zero-order valence-electron chi connectivity index (χ0n) is 17.8. The van der Waals surface area contributed by atoms with E-state index in [1.807, 2.05) is 55.5 Å². The third kappa shape index (κ3) is 3.43. The molecule has 0 spiro atoms. The van der Waals surface area contributed by atoms with Gasteiger partial charge < -0.3 is 14.6 Å². The fourth-order valence-electron chi connectivity index (χ4n) is 4.18. The van der Waals surface area contributed by atoms with Gasteiger partial charge in [-0.1, -0.05) is 54.1 Å². The highest BCUT2D eigenvalue weighted by Crippen LogP contribution is 2.48. The molecule has 0 unspecified atom stereocenters. The number of rotatable bonds is 4. The summed E-state index contributed by atoms with van der Waals surface area (Å²) in [5.74, 6) is 2.32. The van der Waals surface area contributed by atoms with Crippen molar-refractivity contribution < 1.29 is 14.6 Å². The molecule has 3 aromatic carbocycles. The molecule has 0 fully saturated rings. The maximum atomic E-state index is 10.00. The Morgan fingerprint density at radius 2 is 1.85 bits per heavy atom. The molecular formula is C26H20N4O3. The minimum atomic E-state index is -0.170. The van der Waals surface area contributed by atoms with E-state index >= 15 is 0 Å². The van der Waals surface area contributed by atoms with Crippen LogP contribution in [0.4, 0.5) is 0 Å². The highest BCUT2D eigenvalue weighted by Gasteiger charge is 2.33. The maximum absolute atomic E-state index is 10.00. The van der Waals surface area contributed by atoms with Crippen LogP contribution in [0.2, 0.25) is 0 Å². The van der Waals surface area contributed by atoms with Crippen LogP contribution in [0.25, 0.3) is 5.65 Å². The van der Waals surface area contributed by atoms with Crippen LogP contribution in [0.1, 0.15) is 34.0 Å². The molecule has 33 heavy (non-hydrogen) atoms. The second-order valence-corrected chi connectivity index (χ2v) is 8.03. The fraction of sp³-hybridized carbons (Fsp3) is 0.115. The molecule has 6 rings (SSSR count). The van der Waals surface area contributed by atoms with Crippen molar-refractivity contribution in [3.05, 3.63) is 107 Å². The van der Waals surface area contributed by atoms with Crippen LogP contribution in [0.15, 0.2) is 79.1 Å². The summed E-state index contributed by atoms with van der Waals surface area (Å²) in [6.07, 6.45) is 1.59. The van der Waals surface area contributed by atoms with Gasteiger partial charge in [-0.3, -0.25) is 0 Å². The van der Waals surface area contributed by atoms with Gasteiger partial charge in [0, 0.05) is 17.5 Å². The van der Waals surface area contributed by atoms with E-state index in [-0.39, 0.29) is 18.3 Å². The molecule has 0 saturated carbocycles. The molecule has 5 aromatic rings. The molecule has 1 atom stereocenters. The number of aromatic nitrogens is 4. The number of aryl methyl sites for hydroxylation is 1. The standard InChI is InChI=1S/C26H20N4O3/c1-16-7-10-19(11-8-16)32-14-22-28-25-24-23(17-5-3-2-4-6-17)20-12-9-18(31)13-21(20)33-26(24)27-15-30(25)29-22/h2-13,15,23,31H,14H2,1H3/t23-/m1/s1. The predicted octanol–water partition coefficient (Wildman–Crippen LogP) is 5.00. The summed E-state index contributed by atoms with van der Waals surface area (Å²) in [5, 5.41) is 14.6. The minimum Gasteiger partial charge on any atom is -0.508 e. The number of aromatic hydroxyl groups is 1. The minimum absolute atomic E-state index is 0.142. The lowest BCUT2D eigenvalue weighted by Gasteiger charge is -2.27. The Kier molecular flexibility index (Phi) is 4.47. The Labute approximate surface area is 189 Å². The number of ether oxygens (including phenoxy) is 2. The zero-order valence-corrected chi connectivity index (χ0v) is 17.8. The van der Waals surface area contributed by atoms with E-state index in [2.05, 4.69) is 22.2 Å². The topological polar surface area (TPSA) is 81.8 Å². The van der Waals surface area contributed by atoms with Crippen molar-refractivity contribution >= 4 is 5.65 Å². The molecule has 1 N–H and O–H groups in total. The van der Waals surface area contributed by atoms with E-state index in [4.69, 9.17) is 14.5 Å². The van der Waals surface area contributed by atoms with Gasteiger partial charge in [-0.05, 0) is 30.7 Å². The average molecular weight is 436 g/mol. The Balaban J connectivity index is 1.44. The lowest BCUT2D eigenvalue weighted by atomic mass is 9.84. The van der Waals surface area contributed by atoms with Gasteiger partial charge in [0.25, 0.3) is 0 Å². The van der Waals surface area contributed by atoms with Gasteiger partial charge in [0.2, 0.25) is 5.88 Å². The molecule has 0 amide bonds. The number of hydrogen-bond donors (Lipinski definition) is 1. The van der Waals surface area contributed by atoms with Gasteiger partial charge in [-0.15, -0.1) is 5.10 Å². The van der Waals surface area contributed by atoms with Crippen molar-refractivity contribution in [2.75, 3.05) is 0 Å². The van der Waals surface area contributed by atoms with Gasteiger partial charge in [0.05, 0.1) is 5.56 Å². The van der Waals surface area contributed by atoms with Crippen LogP contribution >= 0.6 is 0 Å². The van der Waals surface area contributed by atoms with Crippen molar-refractivity contribution in [2.45, 2.75) is 19.4 Å². The summed E-state index contributed by atoms with van der Waals surface area (Å²) >= 11 is 0. The number of nitrogens with zero attached hydrogens (tertiary/aromatic N) is 4. The van der Waals surface area contributed by atoms with Crippen LogP contribution in [0.3, 0.4) is 0 Å². The lowest BCUT2D eigenvalue weighted by molar-refractivity contribution is 0.296. The molecule has 7 nitrogen and oxygen atoms in total. The molecule has 1 aliphatic rings. The smallest absolute Gasteiger partial charge is 0.228 e. The Bertz CT molecular complexity index is 1460. The van der Waals surface area contributed by atoms with Crippen LogP contribution in [0.5, 0.6) is 23.1 Å². The van der Waals surface area contributed by atoms with Gasteiger partial charge in [0.15, 0.2) is 11.5 Å². The number of fused-ring (bicyclic) bond motifs is 4.